The number of benzene rings is 1. The van der Waals surface area contributed by atoms with Crippen LogP contribution in [0.4, 0.5) is 0 Å². The number of halogens is 1. The molecule has 2 aromatic rings. The Morgan fingerprint density at radius 3 is 2.76 bits per heavy atom. The van der Waals surface area contributed by atoms with E-state index in [0.717, 1.165) is 30.7 Å². The first-order valence-electron chi connectivity index (χ1n) is 9.03. The number of likely N-dealkylation sites (N-methyl/N-ethyl adjacent to an activating group) is 1. The zero-order valence-electron chi connectivity index (χ0n) is 15.0. The maximum atomic E-state index is 12.9. The Balaban J connectivity index is 1.82. The number of aromatic nitrogens is 1. The van der Waals surface area contributed by atoms with Crippen LogP contribution < -0.4 is 0 Å². The van der Waals surface area contributed by atoms with Crippen LogP contribution in [0.15, 0.2) is 34.9 Å². The van der Waals surface area contributed by atoms with Crippen LogP contribution in [-0.2, 0) is 11.3 Å². The summed E-state index contributed by atoms with van der Waals surface area (Å²) < 4.78 is 3.49. The molecule has 1 aromatic heterocycles. The molecule has 1 amide bonds. The van der Waals surface area contributed by atoms with Crippen molar-refractivity contribution in [1.82, 2.24) is 14.4 Å². The number of carbonyl (C=O) groups excluding carboxylic acids is 1. The van der Waals surface area contributed by atoms with Crippen molar-refractivity contribution in [1.29, 1.82) is 0 Å². The van der Waals surface area contributed by atoms with Gasteiger partial charge in [0.1, 0.15) is 0 Å². The van der Waals surface area contributed by atoms with Crippen LogP contribution in [0.3, 0.4) is 0 Å². The summed E-state index contributed by atoms with van der Waals surface area (Å²) in [5.74, 6) is 0.188. The van der Waals surface area contributed by atoms with Crippen LogP contribution in [0.1, 0.15) is 19.4 Å². The summed E-state index contributed by atoms with van der Waals surface area (Å²) in [6.45, 7) is 7.37. The molecular formula is C20H24BrN3O. The van der Waals surface area contributed by atoms with Gasteiger partial charge in [-0.1, -0.05) is 24.3 Å². The van der Waals surface area contributed by atoms with E-state index in [4.69, 9.17) is 0 Å². The Bertz CT molecular complexity index is 865. The number of fused-ring (bicyclic) bond motifs is 2. The standard InChI is InChI=1S/C20H24BrN3O/c1-4-23(5-2)20(25)13-9-16-14-7-6-8-15-17(21)11-24(19(14)15)12-18(16)22(3)10-13/h6-9,11,13,18H,4-5,10,12H2,1-3H3. The van der Waals surface area contributed by atoms with E-state index in [-0.39, 0.29) is 11.8 Å². The van der Waals surface area contributed by atoms with Crippen LogP contribution in [0, 0.1) is 5.92 Å². The topological polar surface area (TPSA) is 28.5 Å². The van der Waals surface area contributed by atoms with Crippen molar-refractivity contribution in [3.63, 3.8) is 0 Å². The number of carbonyl (C=O) groups is 1. The van der Waals surface area contributed by atoms with Crippen LogP contribution in [-0.4, -0.2) is 53.0 Å². The summed E-state index contributed by atoms with van der Waals surface area (Å²) in [5.41, 5.74) is 3.85. The highest BCUT2D eigenvalue weighted by Gasteiger charge is 2.36. The van der Waals surface area contributed by atoms with Gasteiger partial charge in [0.15, 0.2) is 0 Å². The molecule has 0 saturated carbocycles. The molecule has 4 rings (SSSR count). The van der Waals surface area contributed by atoms with Crippen LogP contribution in [0.25, 0.3) is 16.5 Å². The number of para-hydroxylation sites is 1. The summed E-state index contributed by atoms with van der Waals surface area (Å²) in [7, 11) is 2.14. The molecule has 0 N–H and O–H groups in total. The SMILES string of the molecule is CCN(CC)C(=O)C1C=C2c3cccc4c(Br)cn(c34)CC2N(C)C1. The van der Waals surface area contributed by atoms with Gasteiger partial charge in [-0.15, -0.1) is 0 Å². The summed E-state index contributed by atoms with van der Waals surface area (Å²) >= 11 is 3.69. The number of hydrogen-bond acceptors (Lipinski definition) is 2. The molecule has 132 valence electrons. The monoisotopic (exact) mass is 401 g/mol. The number of nitrogens with zero attached hydrogens (tertiary/aromatic N) is 3. The Hall–Kier alpha value is -1.59. The summed E-state index contributed by atoms with van der Waals surface area (Å²) in [6.07, 6.45) is 4.43. The normalized spacial score (nSPS) is 22.6. The minimum Gasteiger partial charge on any atom is -0.344 e. The van der Waals surface area contributed by atoms with Crippen LogP contribution >= 0.6 is 15.9 Å². The third-order valence-electron chi connectivity index (χ3n) is 5.68. The third-order valence-corrected chi connectivity index (χ3v) is 6.31. The van der Waals surface area contributed by atoms with Gasteiger partial charge >= 0.3 is 0 Å². The van der Waals surface area contributed by atoms with Gasteiger partial charge in [0, 0.05) is 47.8 Å². The molecule has 25 heavy (non-hydrogen) atoms. The average Bonchev–Trinajstić information content (AvgIpc) is 2.94. The first-order chi connectivity index (χ1) is 12.0. The van der Waals surface area contributed by atoms with Crippen molar-refractivity contribution in [3.8, 4) is 0 Å². The molecule has 2 aliphatic heterocycles. The molecule has 0 radical (unpaired) electrons. The second-order valence-electron chi connectivity index (χ2n) is 7.03. The molecule has 3 heterocycles. The van der Waals surface area contributed by atoms with Gasteiger partial charge in [0.2, 0.25) is 5.91 Å². The fraction of sp³-hybridized carbons (Fsp3) is 0.450. The highest BCUT2D eigenvalue weighted by molar-refractivity contribution is 9.10. The largest absolute Gasteiger partial charge is 0.344 e. The molecule has 0 saturated heterocycles. The van der Waals surface area contributed by atoms with Gasteiger partial charge < -0.3 is 9.47 Å². The maximum absolute atomic E-state index is 12.9. The smallest absolute Gasteiger partial charge is 0.230 e. The van der Waals surface area contributed by atoms with Gasteiger partial charge in [-0.2, -0.15) is 0 Å². The van der Waals surface area contributed by atoms with Crippen molar-refractivity contribution in [3.05, 3.63) is 40.5 Å². The molecule has 2 unspecified atom stereocenters. The van der Waals surface area contributed by atoms with E-state index in [2.05, 4.69) is 76.8 Å². The molecule has 0 spiro atoms. The van der Waals surface area contributed by atoms with Crippen molar-refractivity contribution in [2.24, 2.45) is 5.92 Å². The van der Waals surface area contributed by atoms with E-state index < -0.39 is 0 Å². The lowest BCUT2D eigenvalue weighted by Gasteiger charge is -2.40. The molecule has 2 atom stereocenters. The van der Waals surface area contributed by atoms with Crippen molar-refractivity contribution >= 4 is 38.3 Å². The van der Waals surface area contributed by atoms with Gasteiger partial charge in [-0.05, 0) is 42.4 Å². The lowest BCUT2D eigenvalue weighted by atomic mass is 9.85. The first kappa shape index (κ1) is 16.9. The fourth-order valence-corrected chi connectivity index (χ4v) is 4.93. The molecule has 4 nitrogen and oxygen atoms in total. The maximum Gasteiger partial charge on any atom is 0.230 e. The lowest BCUT2D eigenvalue weighted by Crippen LogP contribution is -2.48. The Kier molecular flexibility index (Phi) is 4.24. The highest BCUT2D eigenvalue weighted by Crippen LogP contribution is 2.41. The minimum absolute atomic E-state index is 0.0589. The quantitative estimate of drug-likeness (QED) is 0.785. The average molecular weight is 402 g/mol. The second kappa shape index (κ2) is 6.29. The minimum atomic E-state index is -0.0589. The number of amides is 1. The Labute approximate surface area is 157 Å². The predicted octanol–water partition coefficient (Wildman–Crippen LogP) is 3.60. The summed E-state index contributed by atoms with van der Waals surface area (Å²) in [4.78, 5) is 17.2. The van der Waals surface area contributed by atoms with Gasteiger partial charge in [0.25, 0.3) is 0 Å². The fourth-order valence-electron chi connectivity index (χ4n) is 4.36. The van der Waals surface area contributed by atoms with Gasteiger partial charge in [-0.3, -0.25) is 9.69 Å². The Morgan fingerprint density at radius 2 is 2.04 bits per heavy atom. The van der Waals surface area contributed by atoms with Gasteiger partial charge in [0.05, 0.1) is 17.5 Å². The van der Waals surface area contributed by atoms with Crippen molar-refractivity contribution in [2.75, 3.05) is 26.7 Å². The van der Waals surface area contributed by atoms with Crippen molar-refractivity contribution in [2.45, 2.75) is 26.4 Å². The molecule has 0 aliphatic carbocycles. The zero-order chi connectivity index (χ0) is 17.7. The van der Waals surface area contributed by atoms with E-state index in [0.29, 0.717) is 6.04 Å². The lowest BCUT2D eigenvalue weighted by molar-refractivity contribution is -0.134. The van der Waals surface area contributed by atoms with E-state index in [1.165, 1.54) is 22.0 Å². The van der Waals surface area contributed by atoms with E-state index in [1.807, 2.05) is 4.90 Å². The van der Waals surface area contributed by atoms with Crippen LogP contribution in [0.5, 0.6) is 0 Å². The number of hydrogen-bond donors (Lipinski definition) is 0. The number of rotatable bonds is 3. The Morgan fingerprint density at radius 1 is 1.28 bits per heavy atom. The molecule has 1 aromatic carbocycles. The van der Waals surface area contributed by atoms with E-state index in [1.54, 1.807) is 0 Å². The highest BCUT2D eigenvalue weighted by atomic mass is 79.9. The first-order valence-corrected chi connectivity index (χ1v) is 9.82. The second-order valence-corrected chi connectivity index (χ2v) is 7.88. The molecule has 5 heteroatoms. The van der Waals surface area contributed by atoms with Crippen molar-refractivity contribution < 1.29 is 4.79 Å². The summed E-state index contributed by atoms with van der Waals surface area (Å²) in [5, 5.41) is 1.25. The predicted molar refractivity (Wildman–Crippen MR) is 105 cm³/mol. The van der Waals surface area contributed by atoms with E-state index in [9.17, 15) is 4.79 Å². The van der Waals surface area contributed by atoms with E-state index >= 15 is 0 Å². The molecule has 0 fully saturated rings. The molecule has 2 aliphatic rings. The third kappa shape index (κ3) is 2.56. The molecular weight excluding hydrogens is 378 g/mol. The molecule has 0 bridgehead atoms. The van der Waals surface area contributed by atoms with Crippen LogP contribution in [0.2, 0.25) is 0 Å². The summed E-state index contributed by atoms with van der Waals surface area (Å²) in [6, 6.07) is 6.80. The zero-order valence-corrected chi connectivity index (χ0v) is 16.6. The van der Waals surface area contributed by atoms with Gasteiger partial charge in [-0.25, -0.2) is 0 Å².